The first-order valence-corrected chi connectivity index (χ1v) is 12.3. The lowest BCUT2D eigenvalue weighted by Crippen LogP contribution is -2.31. The Balaban J connectivity index is 1.57. The minimum atomic E-state index is -3.73. The molecule has 0 bridgehead atoms. The monoisotopic (exact) mass is 440 g/mol. The second-order valence-corrected chi connectivity index (χ2v) is 10.2. The lowest BCUT2D eigenvalue weighted by Gasteiger charge is -2.25. The summed E-state index contributed by atoms with van der Waals surface area (Å²) in [6.07, 6.45) is 1.88. The quantitative estimate of drug-likeness (QED) is 0.613. The van der Waals surface area contributed by atoms with Crippen LogP contribution in [-0.4, -0.2) is 25.8 Å². The molecule has 5 nitrogen and oxygen atoms in total. The van der Waals surface area contributed by atoms with Gasteiger partial charge in [0.25, 0.3) is 5.91 Å². The molecule has 4 rings (SSSR count). The molecule has 7 heteroatoms. The number of rotatable bonds is 6. The molecular weight excluding hydrogens is 416 g/mol. The summed E-state index contributed by atoms with van der Waals surface area (Å²) in [7, 11) is -3.73. The number of amides is 1. The highest BCUT2D eigenvalue weighted by Crippen LogP contribution is 2.36. The molecule has 156 valence electrons. The zero-order valence-electron chi connectivity index (χ0n) is 16.7. The molecule has 1 fully saturated rings. The fourth-order valence-electron chi connectivity index (χ4n) is 3.80. The van der Waals surface area contributed by atoms with Crippen molar-refractivity contribution >= 4 is 27.3 Å². The van der Waals surface area contributed by atoms with E-state index in [4.69, 9.17) is 0 Å². The van der Waals surface area contributed by atoms with Crippen LogP contribution in [0.15, 0.2) is 70.9 Å². The van der Waals surface area contributed by atoms with Crippen LogP contribution < -0.4 is 4.72 Å². The Morgan fingerprint density at radius 1 is 1.13 bits per heavy atom. The summed E-state index contributed by atoms with van der Waals surface area (Å²) in [6, 6.07) is 18.2. The summed E-state index contributed by atoms with van der Waals surface area (Å²) < 4.78 is 28.3. The van der Waals surface area contributed by atoms with Crippen LogP contribution >= 0.6 is 11.3 Å². The van der Waals surface area contributed by atoms with Crippen molar-refractivity contribution in [1.82, 2.24) is 9.62 Å². The van der Waals surface area contributed by atoms with Crippen molar-refractivity contribution in [2.45, 2.75) is 37.2 Å². The lowest BCUT2D eigenvalue weighted by atomic mass is 10.1. The number of aryl methyl sites for hydroxylation is 1. The number of hydrogen-bond donors (Lipinski definition) is 1. The molecule has 1 atom stereocenters. The third-order valence-corrected chi connectivity index (χ3v) is 7.82. The zero-order chi connectivity index (χ0) is 21.1. The van der Waals surface area contributed by atoms with E-state index in [-0.39, 0.29) is 23.4 Å². The number of nitrogens with one attached hydrogen (secondary N) is 1. The molecule has 1 saturated heterocycles. The van der Waals surface area contributed by atoms with Gasteiger partial charge in [-0.1, -0.05) is 42.5 Å². The first-order valence-electron chi connectivity index (χ1n) is 9.94. The van der Waals surface area contributed by atoms with Crippen LogP contribution in [0.4, 0.5) is 0 Å². The van der Waals surface area contributed by atoms with Gasteiger partial charge < -0.3 is 4.90 Å². The van der Waals surface area contributed by atoms with Crippen LogP contribution in [0.2, 0.25) is 0 Å². The molecule has 1 amide bonds. The third kappa shape index (κ3) is 4.33. The lowest BCUT2D eigenvalue weighted by molar-refractivity contribution is 0.0737. The summed E-state index contributed by atoms with van der Waals surface area (Å²) >= 11 is 1.65. The van der Waals surface area contributed by atoms with Crippen LogP contribution in [0.5, 0.6) is 0 Å². The van der Waals surface area contributed by atoms with Crippen molar-refractivity contribution in [3.8, 4) is 0 Å². The summed E-state index contributed by atoms with van der Waals surface area (Å²) in [5.41, 5.74) is 2.10. The first kappa shape index (κ1) is 20.8. The number of carbonyl (C=O) groups excluding carboxylic acids is 1. The number of likely N-dealkylation sites (tertiary alicyclic amines) is 1. The average Bonchev–Trinajstić information content (AvgIpc) is 3.44. The van der Waals surface area contributed by atoms with Crippen LogP contribution in [-0.2, 0) is 16.6 Å². The van der Waals surface area contributed by atoms with E-state index < -0.39 is 10.0 Å². The van der Waals surface area contributed by atoms with Gasteiger partial charge in [-0.05, 0) is 54.5 Å². The summed E-state index contributed by atoms with van der Waals surface area (Å²) in [4.78, 5) is 16.5. The topological polar surface area (TPSA) is 66.5 Å². The highest BCUT2D eigenvalue weighted by atomic mass is 32.2. The molecule has 0 saturated carbocycles. The van der Waals surface area contributed by atoms with Crippen molar-refractivity contribution < 1.29 is 13.2 Å². The van der Waals surface area contributed by atoms with Crippen molar-refractivity contribution in [2.75, 3.05) is 6.54 Å². The molecular formula is C23H24N2O3S2. The van der Waals surface area contributed by atoms with Gasteiger partial charge in [0.2, 0.25) is 10.0 Å². The van der Waals surface area contributed by atoms with Crippen molar-refractivity contribution in [2.24, 2.45) is 0 Å². The van der Waals surface area contributed by atoms with Gasteiger partial charge in [-0.3, -0.25) is 4.79 Å². The van der Waals surface area contributed by atoms with Gasteiger partial charge in [0, 0.05) is 23.5 Å². The van der Waals surface area contributed by atoms with E-state index in [1.807, 2.05) is 53.6 Å². The Hall–Kier alpha value is -2.48. The van der Waals surface area contributed by atoms with Gasteiger partial charge in [-0.25, -0.2) is 13.1 Å². The Labute approximate surface area is 181 Å². The molecule has 0 spiro atoms. The maximum Gasteiger partial charge on any atom is 0.254 e. The van der Waals surface area contributed by atoms with Crippen LogP contribution in [0.25, 0.3) is 0 Å². The number of hydrogen-bond acceptors (Lipinski definition) is 4. The SMILES string of the molecule is Cc1ccc(S(=O)(=O)NCc2ccccc2)cc1C(=O)N1CCCC1c1cccs1. The van der Waals surface area contributed by atoms with Crippen molar-refractivity contribution in [3.63, 3.8) is 0 Å². The van der Waals surface area contributed by atoms with Gasteiger partial charge in [-0.15, -0.1) is 11.3 Å². The van der Waals surface area contributed by atoms with E-state index in [1.54, 1.807) is 23.5 Å². The predicted octanol–water partition coefficient (Wildman–Crippen LogP) is 4.51. The predicted molar refractivity (Wildman–Crippen MR) is 119 cm³/mol. The highest BCUT2D eigenvalue weighted by Gasteiger charge is 2.32. The molecule has 2 aromatic carbocycles. The van der Waals surface area contributed by atoms with Crippen LogP contribution in [0.3, 0.4) is 0 Å². The fraction of sp³-hybridized carbons (Fsp3) is 0.261. The van der Waals surface area contributed by atoms with E-state index in [0.717, 1.165) is 24.0 Å². The molecule has 3 aromatic rings. The third-order valence-electron chi connectivity index (χ3n) is 5.44. The molecule has 1 N–H and O–H groups in total. The molecule has 1 aliphatic heterocycles. The Kier molecular flexibility index (Phi) is 6.04. The molecule has 1 aromatic heterocycles. The van der Waals surface area contributed by atoms with Gasteiger partial charge in [0.15, 0.2) is 0 Å². The summed E-state index contributed by atoms with van der Waals surface area (Å²) in [5.74, 6) is -0.108. The maximum atomic E-state index is 13.3. The van der Waals surface area contributed by atoms with Gasteiger partial charge in [-0.2, -0.15) is 0 Å². The number of sulfonamides is 1. The normalized spacial score (nSPS) is 16.7. The Morgan fingerprint density at radius 2 is 1.93 bits per heavy atom. The number of benzene rings is 2. The largest absolute Gasteiger partial charge is 0.331 e. The van der Waals surface area contributed by atoms with E-state index >= 15 is 0 Å². The maximum absolute atomic E-state index is 13.3. The summed E-state index contributed by atoms with van der Waals surface area (Å²) in [6.45, 7) is 2.73. The minimum Gasteiger partial charge on any atom is -0.331 e. The van der Waals surface area contributed by atoms with E-state index in [0.29, 0.717) is 12.1 Å². The number of thiophene rings is 1. The smallest absolute Gasteiger partial charge is 0.254 e. The zero-order valence-corrected chi connectivity index (χ0v) is 18.4. The molecule has 1 aliphatic rings. The minimum absolute atomic E-state index is 0.0633. The number of nitrogens with zero attached hydrogens (tertiary/aromatic N) is 1. The highest BCUT2D eigenvalue weighted by molar-refractivity contribution is 7.89. The molecule has 30 heavy (non-hydrogen) atoms. The van der Waals surface area contributed by atoms with Gasteiger partial charge >= 0.3 is 0 Å². The van der Waals surface area contributed by atoms with E-state index in [2.05, 4.69) is 10.8 Å². The fourth-order valence-corrected chi connectivity index (χ4v) is 5.71. The molecule has 0 radical (unpaired) electrons. The molecule has 2 heterocycles. The molecule has 1 unspecified atom stereocenters. The standard InChI is InChI=1S/C23H24N2O3S2/c1-17-11-12-19(30(27,28)24-16-18-7-3-2-4-8-18)15-20(17)23(26)25-13-5-9-21(25)22-10-6-14-29-22/h2-4,6-8,10-12,14-15,21,24H,5,9,13,16H2,1H3. The van der Waals surface area contributed by atoms with E-state index in [1.165, 1.54) is 10.9 Å². The Morgan fingerprint density at radius 3 is 2.67 bits per heavy atom. The second-order valence-electron chi connectivity index (χ2n) is 7.46. The summed E-state index contributed by atoms with van der Waals surface area (Å²) in [5, 5.41) is 2.02. The second kappa shape index (κ2) is 8.71. The Bertz CT molecular complexity index is 1130. The van der Waals surface area contributed by atoms with E-state index in [9.17, 15) is 13.2 Å². The van der Waals surface area contributed by atoms with Gasteiger partial charge in [0.1, 0.15) is 0 Å². The average molecular weight is 441 g/mol. The van der Waals surface area contributed by atoms with Crippen LogP contribution in [0, 0.1) is 6.92 Å². The molecule has 0 aliphatic carbocycles. The van der Waals surface area contributed by atoms with Crippen molar-refractivity contribution in [1.29, 1.82) is 0 Å². The van der Waals surface area contributed by atoms with Crippen LogP contribution in [0.1, 0.15) is 45.2 Å². The van der Waals surface area contributed by atoms with Crippen molar-refractivity contribution in [3.05, 3.63) is 87.6 Å². The first-order chi connectivity index (χ1) is 14.5. The number of carbonyl (C=O) groups is 1. The van der Waals surface area contributed by atoms with Gasteiger partial charge in [0.05, 0.1) is 10.9 Å².